The van der Waals surface area contributed by atoms with Crippen LogP contribution in [0.15, 0.2) is 164 Å². The number of rotatable bonds is 8. The predicted molar refractivity (Wildman–Crippen MR) is 254 cm³/mol. The van der Waals surface area contributed by atoms with E-state index >= 15 is 0 Å². The molecule has 0 unspecified atom stereocenters. The minimum atomic E-state index is -0.935. The molecular formula is C57H50N3OPt-. The Hall–Kier alpha value is -6.35. The first kappa shape index (κ1) is 41.0. The van der Waals surface area contributed by atoms with Crippen LogP contribution in [0.25, 0.3) is 83.9 Å². The fourth-order valence-electron chi connectivity index (χ4n) is 8.62. The van der Waals surface area contributed by atoms with Crippen molar-refractivity contribution in [2.24, 2.45) is 0 Å². The van der Waals surface area contributed by atoms with E-state index in [2.05, 4.69) is 159 Å². The van der Waals surface area contributed by atoms with E-state index in [1.165, 1.54) is 5.56 Å². The Morgan fingerprint density at radius 1 is 0.629 bits per heavy atom. The summed E-state index contributed by atoms with van der Waals surface area (Å²) in [6.45, 7) is 14.6. The third-order valence-corrected chi connectivity index (χ3v) is 11.6. The second-order valence-corrected chi connectivity index (χ2v) is 17.3. The first-order chi connectivity index (χ1) is 29.7. The largest absolute Gasteiger partial charge is 0.507 e. The SMILES string of the molecule is [2H]C(C)(C)c1cc(-n2c(-c3cc(C)cc(C)c3O)nc3c(-c4[c-]c(-c5cc(-c6ccccc6)ccn5)cc(-c5ccccc5)c4)cccc32)ccc1-c1ccccc1C(C)(C)C.[Pt]. The second kappa shape index (κ2) is 17.2. The van der Waals surface area contributed by atoms with Gasteiger partial charge < -0.3 is 5.11 Å². The van der Waals surface area contributed by atoms with Gasteiger partial charge in [-0.2, -0.15) is 0 Å². The van der Waals surface area contributed by atoms with Gasteiger partial charge in [0.25, 0.3) is 0 Å². The summed E-state index contributed by atoms with van der Waals surface area (Å²) in [7, 11) is 0. The molecule has 2 aromatic heterocycles. The van der Waals surface area contributed by atoms with Crippen LogP contribution in [0.1, 0.15) is 64.1 Å². The van der Waals surface area contributed by atoms with E-state index in [9.17, 15) is 6.48 Å². The predicted octanol–water partition coefficient (Wildman–Crippen LogP) is 15.0. The van der Waals surface area contributed by atoms with Crippen molar-refractivity contribution in [3.8, 4) is 78.6 Å². The zero-order valence-corrected chi connectivity index (χ0v) is 38.5. The van der Waals surface area contributed by atoms with Gasteiger partial charge in [-0.05, 0) is 106 Å². The van der Waals surface area contributed by atoms with Gasteiger partial charge >= 0.3 is 0 Å². The number of nitrogens with zero attached hydrogens (tertiary/aromatic N) is 3. The Morgan fingerprint density at radius 3 is 2.00 bits per heavy atom. The van der Waals surface area contributed by atoms with Gasteiger partial charge in [-0.3, -0.25) is 9.55 Å². The van der Waals surface area contributed by atoms with Crippen LogP contribution in [0.5, 0.6) is 5.75 Å². The van der Waals surface area contributed by atoms with E-state index in [0.29, 0.717) is 11.4 Å². The summed E-state index contributed by atoms with van der Waals surface area (Å²) in [6.07, 6.45) is 1.87. The molecule has 0 saturated carbocycles. The third-order valence-electron chi connectivity index (χ3n) is 11.6. The van der Waals surface area contributed by atoms with Crippen molar-refractivity contribution in [2.45, 2.75) is 59.8 Å². The molecule has 0 bridgehead atoms. The fourth-order valence-corrected chi connectivity index (χ4v) is 8.62. The molecular weight excluding hydrogens is 938 g/mol. The van der Waals surface area contributed by atoms with Crippen molar-refractivity contribution in [1.29, 1.82) is 0 Å². The molecule has 310 valence electrons. The number of aromatic hydroxyl groups is 1. The molecule has 0 spiro atoms. The van der Waals surface area contributed by atoms with Crippen LogP contribution < -0.4 is 0 Å². The molecule has 0 saturated heterocycles. The molecule has 0 fully saturated rings. The molecule has 0 aliphatic heterocycles. The second-order valence-electron chi connectivity index (χ2n) is 17.3. The normalized spacial score (nSPS) is 12.0. The summed E-state index contributed by atoms with van der Waals surface area (Å²) in [5.74, 6) is -0.130. The van der Waals surface area contributed by atoms with Crippen LogP contribution in [-0.4, -0.2) is 19.6 Å². The molecule has 0 amide bonds. The van der Waals surface area contributed by atoms with Gasteiger partial charge in [-0.1, -0.05) is 167 Å². The molecule has 62 heavy (non-hydrogen) atoms. The van der Waals surface area contributed by atoms with Crippen molar-refractivity contribution in [1.82, 2.24) is 14.5 Å². The zero-order chi connectivity index (χ0) is 43.3. The van der Waals surface area contributed by atoms with E-state index in [0.717, 1.165) is 89.2 Å². The molecule has 9 aromatic rings. The number of phenolic OH excluding ortho intramolecular Hbond substituents is 1. The molecule has 5 heteroatoms. The van der Waals surface area contributed by atoms with Crippen molar-refractivity contribution < 1.29 is 27.5 Å². The van der Waals surface area contributed by atoms with Crippen molar-refractivity contribution >= 4 is 11.0 Å². The van der Waals surface area contributed by atoms with E-state index < -0.39 is 5.89 Å². The quantitative estimate of drug-likeness (QED) is 0.154. The van der Waals surface area contributed by atoms with Gasteiger partial charge in [0.2, 0.25) is 0 Å². The van der Waals surface area contributed by atoms with Crippen LogP contribution in [0.4, 0.5) is 0 Å². The molecule has 0 radical (unpaired) electrons. The maximum atomic E-state index is 11.8. The van der Waals surface area contributed by atoms with Crippen LogP contribution in [0, 0.1) is 19.9 Å². The van der Waals surface area contributed by atoms with Gasteiger partial charge in [-0.15, -0.1) is 23.8 Å². The van der Waals surface area contributed by atoms with E-state index in [4.69, 9.17) is 9.97 Å². The molecule has 0 aliphatic rings. The van der Waals surface area contributed by atoms with Gasteiger partial charge in [-0.25, -0.2) is 4.98 Å². The number of hydrogen-bond acceptors (Lipinski definition) is 3. The maximum absolute atomic E-state index is 11.8. The number of para-hydroxylation sites is 1. The minimum Gasteiger partial charge on any atom is -0.507 e. The number of benzene rings is 7. The van der Waals surface area contributed by atoms with Gasteiger partial charge in [0.15, 0.2) is 0 Å². The van der Waals surface area contributed by atoms with E-state index in [1.807, 2.05) is 64.2 Å². The first-order valence-corrected chi connectivity index (χ1v) is 21.0. The Balaban J connectivity index is 0.00000544. The molecule has 1 N–H and O–H groups in total. The maximum Gasteiger partial charge on any atom is 0.148 e. The molecule has 2 heterocycles. The van der Waals surface area contributed by atoms with Crippen molar-refractivity contribution in [3.63, 3.8) is 0 Å². The number of pyridine rings is 1. The number of phenols is 1. The van der Waals surface area contributed by atoms with Gasteiger partial charge in [0.1, 0.15) is 11.6 Å². The molecule has 0 aliphatic carbocycles. The average Bonchev–Trinajstić information content (AvgIpc) is 3.67. The van der Waals surface area contributed by atoms with Crippen LogP contribution in [0.3, 0.4) is 0 Å². The number of hydrogen-bond donors (Lipinski definition) is 1. The van der Waals surface area contributed by atoms with Crippen LogP contribution in [0.2, 0.25) is 0 Å². The van der Waals surface area contributed by atoms with E-state index in [-0.39, 0.29) is 32.2 Å². The summed E-state index contributed by atoms with van der Waals surface area (Å²) in [5, 5.41) is 11.8. The number of fused-ring (bicyclic) bond motifs is 1. The zero-order valence-electron chi connectivity index (χ0n) is 37.2. The Morgan fingerprint density at radius 2 is 1.29 bits per heavy atom. The van der Waals surface area contributed by atoms with Gasteiger partial charge in [0.05, 0.1) is 16.6 Å². The molecule has 4 nitrogen and oxygen atoms in total. The molecule has 0 atom stereocenters. The minimum absolute atomic E-state index is 0. The third kappa shape index (κ3) is 8.08. The van der Waals surface area contributed by atoms with Gasteiger partial charge in [0, 0.05) is 40.0 Å². The molecule has 9 rings (SSSR count). The number of aryl methyl sites for hydroxylation is 2. The van der Waals surface area contributed by atoms with Crippen LogP contribution >= 0.6 is 0 Å². The van der Waals surface area contributed by atoms with E-state index in [1.54, 1.807) is 0 Å². The summed E-state index contributed by atoms with van der Waals surface area (Å²) in [6, 6.07) is 58.3. The summed E-state index contributed by atoms with van der Waals surface area (Å²) >= 11 is 0. The van der Waals surface area contributed by atoms with Crippen molar-refractivity contribution in [3.05, 3.63) is 192 Å². The Bertz CT molecular complexity index is 3120. The Labute approximate surface area is 381 Å². The number of aromatic nitrogens is 3. The number of imidazole rings is 1. The summed E-state index contributed by atoms with van der Waals surface area (Å²) in [4.78, 5) is 10.3. The average molecular weight is 989 g/mol. The standard InChI is InChI=1S/C57H50N3O.Pt/c1-36(2)49-35-45(25-26-47(49)48-21-14-15-23-51(48)57(5,6)7)60-53-24-16-22-46(54(53)59-56(60)50-30-37(3)29-38(4)55(50)61)43-31-42(40-19-12-9-13-20-40)32-44(33-43)52-34-41(27-28-58-52)39-17-10-8-11-18-39;/h8-32,34-36,61H,1-7H3;/q-1;/i36D;. The fraction of sp³-hybridized carbons (Fsp3) is 0.158. The smallest absolute Gasteiger partial charge is 0.148 e. The molecule has 7 aromatic carbocycles. The topological polar surface area (TPSA) is 50.9 Å². The first-order valence-electron chi connectivity index (χ1n) is 21.5. The Kier molecular flexibility index (Phi) is 11.4. The summed E-state index contributed by atoms with van der Waals surface area (Å²) < 4.78 is 11.6. The van der Waals surface area contributed by atoms with Crippen LogP contribution in [-0.2, 0) is 26.5 Å². The van der Waals surface area contributed by atoms with Crippen molar-refractivity contribution in [2.75, 3.05) is 0 Å². The monoisotopic (exact) mass is 988 g/mol. The summed E-state index contributed by atoms with van der Waals surface area (Å²) in [5.41, 5.74) is 16.9.